The van der Waals surface area contributed by atoms with Gasteiger partial charge in [0.25, 0.3) is 0 Å². The summed E-state index contributed by atoms with van der Waals surface area (Å²) in [5, 5.41) is 33.1. The lowest BCUT2D eigenvalue weighted by Gasteiger charge is -2.64. The third-order valence-electron chi connectivity index (χ3n) is 8.46. The number of esters is 2. The van der Waals surface area contributed by atoms with Crippen molar-refractivity contribution >= 4 is 11.9 Å². The smallest absolute Gasteiger partial charge is 0.336 e. The third kappa shape index (κ3) is 2.95. The van der Waals surface area contributed by atoms with Crippen molar-refractivity contribution in [2.45, 2.75) is 76.3 Å². The van der Waals surface area contributed by atoms with Crippen molar-refractivity contribution in [3.63, 3.8) is 0 Å². The van der Waals surface area contributed by atoms with Gasteiger partial charge in [0.2, 0.25) is 0 Å². The average Bonchev–Trinajstić information content (AvgIpc) is 3.41. The number of hydrogen-bond donors (Lipinski definition) is 3. The van der Waals surface area contributed by atoms with Crippen LogP contribution in [0.5, 0.6) is 0 Å². The Labute approximate surface area is 176 Å². The molecule has 2 heterocycles. The molecule has 1 spiro atoms. The molecular formula is C22H32O8. The molecule has 8 heteroatoms. The molecule has 0 amide bonds. The van der Waals surface area contributed by atoms with E-state index in [0.717, 1.165) is 6.42 Å². The van der Waals surface area contributed by atoms with E-state index in [9.17, 15) is 24.9 Å². The quantitative estimate of drug-likeness (QED) is 0.345. The Hall–Kier alpha value is -1.48. The molecule has 7 atom stereocenters. The molecule has 0 unspecified atom stereocenters. The van der Waals surface area contributed by atoms with Crippen molar-refractivity contribution in [1.82, 2.24) is 0 Å². The van der Waals surface area contributed by atoms with Crippen LogP contribution in [0.1, 0.15) is 52.9 Å². The highest BCUT2D eigenvalue weighted by Gasteiger charge is 2.74. The topological polar surface area (TPSA) is 126 Å². The van der Waals surface area contributed by atoms with Crippen LogP contribution < -0.4 is 0 Å². The summed E-state index contributed by atoms with van der Waals surface area (Å²) in [6.07, 6.45) is 2.46. The van der Waals surface area contributed by atoms with Crippen LogP contribution in [0.2, 0.25) is 0 Å². The first kappa shape index (κ1) is 21.7. The fraction of sp³-hybridized carbons (Fsp3) is 0.818. The minimum absolute atomic E-state index is 0.0721. The average molecular weight is 424 g/mol. The monoisotopic (exact) mass is 424 g/mol. The fourth-order valence-electron chi connectivity index (χ4n) is 6.43. The number of ether oxygens (including phenoxy) is 3. The van der Waals surface area contributed by atoms with Gasteiger partial charge in [0.05, 0.1) is 24.9 Å². The summed E-state index contributed by atoms with van der Waals surface area (Å²) in [5.74, 6) is -1.08. The molecule has 3 N–H and O–H groups in total. The van der Waals surface area contributed by atoms with Crippen molar-refractivity contribution in [1.29, 1.82) is 0 Å². The Morgan fingerprint density at radius 1 is 1.27 bits per heavy atom. The van der Waals surface area contributed by atoms with Crippen molar-refractivity contribution in [3.8, 4) is 0 Å². The van der Waals surface area contributed by atoms with E-state index in [1.807, 2.05) is 13.8 Å². The van der Waals surface area contributed by atoms with Crippen LogP contribution >= 0.6 is 0 Å². The number of cyclic esters (lactones) is 1. The van der Waals surface area contributed by atoms with Crippen molar-refractivity contribution in [2.75, 3.05) is 19.8 Å². The Kier molecular flexibility index (Phi) is 5.09. The lowest BCUT2D eigenvalue weighted by atomic mass is 9.43. The molecule has 0 bridgehead atoms. The van der Waals surface area contributed by atoms with Crippen LogP contribution in [0.3, 0.4) is 0 Å². The molecule has 2 saturated carbocycles. The molecule has 2 aliphatic heterocycles. The first-order valence-corrected chi connectivity index (χ1v) is 10.7. The van der Waals surface area contributed by atoms with E-state index in [-0.39, 0.29) is 31.1 Å². The second kappa shape index (κ2) is 7.02. The Balaban J connectivity index is 1.70. The molecule has 0 aromatic rings. The zero-order chi connectivity index (χ0) is 21.9. The largest absolute Gasteiger partial charge is 0.465 e. The van der Waals surface area contributed by atoms with Gasteiger partial charge in [0.1, 0.15) is 23.9 Å². The minimum Gasteiger partial charge on any atom is -0.465 e. The number of fused-ring (bicyclic) bond motifs is 1. The fourth-order valence-corrected chi connectivity index (χ4v) is 6.43. The van der Waals surface area contributed by atoms with Gasteiger partial charge in [-0.3, -0.25) is 4.79 Å². The Morgan fingerprint density at radius 3 is 2.53 bits per heavy atom. The molecule has 4 aliphatic rings. The Bertz CT molecular complexity index is 773. The standard InChI is InChI=1S/C22H32O8/c1-13(23)29-11-19(2)16-5-8-21(12-30-21)22(27,20(16,3)7-6-17(19)25)9-4-14-15(24)10-28-18(14)26/h4,15-17,24-25,27H,5-12H2,1-3H3/b14-4+/t15-,16-,17-,19+,20-,21-,22+/m1/s1. The van der Waals surface area contributed by atoms with Crippen LogP contribution in [0.25, 0.3) is 0 Å². The number of carbonyl (C=O) groups is 2. The number of aliphatic hydroxyl groups excluding tert-OH is 2. The first-order chi connectivity index (χ1) is 14.0. The van der Waals surface area contributed by atoms with E-state index in [4.69, 9.17) is 14.2 Å². The van der Waals surface area contributed by atoms with Gasteiger partial charge in [-0.25, -0.2) is 4.79 Å². The zero-order valence-electron chi connectivity index (χ0n) is 17.8. The van der Waals surface area contributed by atoms with Crippen LogP contribution in [-0.4, -0.2) is 70.5 Å². The lowest BCUT2D eigenvalue weighted by molar-refractivity contribution is -0.246. The molecule has 30 heavy (non-hydrogen) atoms. The van der Waals surface area contributed by atoms with Crippen LogP contribution in [-0.2, 0) is 23.8 Å². The number of rotatable bonds is 4. The van der Waals surface area contributed by atoms with E-state index in [0.29, 0.717) is 25.9 Å². The van der Waals surface area contributed by atoms with Crippen LogP contribution in [0, 0.1) is 16.7 Å². The summed E-state index contributed by atoms with van der Waals surface area (Å²) in [4.78, 5) is 23.4. The second-order valence-corrected chi connectivity index (χ2v) is 9.97. The van der Waals surface area contributed by atoms with E-state index >= 15 is 0 Å². The molecular weight excluding hydrogens is 392 g/mol. The molecule has 0 radical (unpaired) electrons. The second-order valence-electron chi connectivity index (χ2n) is 9.97. The molecule has 2 aliphatic carbocycles. The maximum absolute atomic E-state index is 12.2. The van der Waals surface area contributed by atoms with Gasteiger partial charge in [-0.05, 0) is 38.0 Å². The predicted molar refractivity (Wildman–Crippen MR) is 104 cm³/mol. The summed E-state index contributed by atoms with van der Waals surface area (Å²) in [5.41, 5.74) is -3.17. The summed E-state index contributed by atoms with van der Waals surface area (Å²) in [6.45, 7) is 5.73. The van der Waals surface area contributed by atoms with E-state index in [1.54, 1.807) is 6.08 Å². The third-order valence-corrected chi connectivity index (χ3v) is 8.46. The number of epoxide rings is 1. The molecule has 4 rings (SSSR count). The normalized spacial score (nSPS) is 49.1. The van der Waals surface area contributed by atoms with Gasteiger partial charge in [-0.2, -0.15) is 0 Å². The molecule has 2 saturated heterocycles. The van der Waals surface area contributed by atoms with Crippen molar-refractivity contribution < 1.29 is 39.1 Å². The summed E-state index contributed by atoms with van der Waals surface area (Å²) < 4.78 is 16.1. The molecule has 0 aromatic carbocycles. The number of carbonyl (C=O) groups excluding carboxylic acids is 2. The minimum atomic E-state index is -1.30. The maximum Gasteiger partial charge on any atom is 0.336 e. The van der Waals surface area contributed by atoms with Crippen molar-refractivity contribution in [3.05, 3.63) is 11.6 Å². The van der Waals surface area contributed by atoms with Gasteiger partial charge in [-0.1, -0.05) is 19.9 Å². The molecule has 168 valence electrons. The van der Waals surface area contributed by atoms with Gasteiger partial charge >= 0.3 is 11.9 Å². The number of hydrogen-bond acceptors (Lipinski definition) is 8. The zero-order valence-corrected chi connectivity index (χ0v) is 17.8. The highest BCUT2D eigenvalue weighted by atomic mass is 16.6. The van der Waals surface area contributed by atoms with Gasteiger partial charge in [-0.15, -0.1) is 0 Å². The van der Waals surface area contributed by atoms with Crippen molar-refractivity contribution in [2.24, 2.45) is 16.7 Å². The highest BCUT2D eigenvalue weighted by molar-refractivity contribution is 5.91. The summed E-state index contributed by atoms with van der Waals surface area (Å²) in [7, 11) is 0. The molecule has 4 fully saturated rings. The van der Waals surface area contributed by atoms with Gasteiger partial charge in [0.15, 0.2) is 0 Å². The highest BCUT2D eigenvalue weighted by Crippen LogP contribution is 2.68. The Morgan fingerprint density at radius 2 is 1.97 bits per heavy atom. The molecule has 0 aromatic heterocycles. The summed E-state index contributed by atoms with van der Waals surface area (Å²) in [6, 6.07) is 0. The van der Waals surface area contributed by atoms with Gasteiger partial charge < -0.3 is 29.5 Å². The predicted octanol–water partition coefficient (Wildman–Crippen LogP) is 0.861. The molecule has 8 nitrogen and oxygen atoms in total. The lowest BCUT2D eigenvalue weighted by Crippen LogP contribution is -2.69. The number of aliphatic hydroxyl groups is 3. The maximum atomic E-state index is 12.2. The van der Waals surface area contributed by atoms with Crippen LogP contribution in [0.15, 0.2) is 11.6 Å². The van der Waals surface area contributed by atoms with Crippen LogP contribution in [0.4, 0.5) is 0 Å². The van der Waals surface area contributed by atoms with E-state index < -0.39 is 46.2 Å². The van der Waals surface area contributed by atoms with Gasteiger partial charge in [0, 0.05) is 17.8 Å². The van der Waals surface area contributed by atoms with E-state index in [1.165, 1.54) is 6.92 Å². The first-order valence-electron chi connectivity index (χ1n) is 10.7. The SMILES string of the molecule is CC(=O)OC[C@]1(C)[C@H](O)CC[C@]2(C)[C@@H]1CC[C@@]1(CO1)[C@]2(O)C/C=C1/C(=O)OC[C@H]1O. The summed E-state index contributed by atoms with van der Waals surface area (Å²) >= 11 is 0. The van der Waals surface area contributed by atoms with E-state index in [2.05, 4.69) is 0 Å².